The van der Waals surface area contributed by atoms with Gasteiger partial charge in [0.25, 0.3) is 0 Å². The first-order chi connectivity index (χ1) is 6.21. The number of aromatic nitrogens is 1. The van der Waals surface area contributed by atoms with Crippen LogP contribution in [0.5, 0.6) is 0 Å². The first-order valence-corrected chi connectivity index (χ1v) is 7.91. The Morgan fingerprint density at radius 2 is 1.64 bits per heavy atom. The molecular weight excluding hydrogens is 301 g/mol. The van der Waals surface area contributed by atoms with E-state index in [0.717, 1.165) is 0 Å². The number of phosphoric acid groups is 1. The van der Waals surface area contributed by atoms with Crippen LogP contribution >= 0.6 is 7.82 Å². The van der Waals surface area contributed by atoms with Gasteiger partial charge in [-0.05, 0) is 12.1 Å². The Hall–Kier alpha value is -0.362. The van der Waals surface area contributed by atoms with E-state index in [1.54, 1.807) is 0 Å². The predicted octanol–water partition coefficient (Wildman–Crippen LogP) is -0.222. The minimum absolute atomic E-state index is 1.88. The number of hydrogen-bond acceptors (Lipinski definition) is 4. The van der Waals surface area contributed by atoms with Gasteiger partial charge in [0.1, 0.15) is 0 Å². The van der Waals surface area contributed by atoms with E-state index < -0.39 is 24.6 Å². The molecule has 0 fully saturated rings. The molecule has 0 saturated heterocycles. The third-order valence-electron chi connectivity index (χ3n) is 0.687. The molecule has 0 aromatic carbocycles. The minimum Gasteiger partial charge on any atom is -0.368 e. The summed E-state index contributed by atoms with van der Waals surface area (Å²) in [6.07, 6.45) is 3.75. The van der Waals surface area contributed by atoms with E-state index in [1.165, 1.54) is 0 Å². The van der Waals surface area contributed by atoms with Gasteiger partial charge in [0.05, 0.1) is 0 Å². The van der Waals surface area contributed by atoms with Crippen molar-refractivity contribution >= 4 is 7.82 Å². The topological polar surface area (TPSA) is 137 Å². The smallest absolute Gasteiger partial charge is 0.000496 e. The van der Waals surface area contributed by atoms with E-state index in [0.29, 0.717) is 0 Å². The molecule has 0 atom stereocenters. The second-order valence-corrected chi connectivity index (χ2v) is 6.21. The third-order valence-corrected chi connectivity index (χ3v) is 3.89. The average Bonchev–Trinajstić information content (AvgIpc) is 2.29. The molecule has 10 heteroatoms. The Morgan fingerprint density at radius 1 is 1.21 bits per heavy atom. The molecular formula is C4H8MoNO7P. The molecule has 1 rings (SSSR count). The first-order valence-electron chi connectivity index (χ1n) is 3.03. The Balaban J connectivity index is 0.000000280. The van der Waals surface area contributed by atoms with E-state index in [2.05, 4.69) is 8.16 Å². The molecule has 82 valence electrons. The van der Waals surface area contributed by atoms with Crippen LogP contribution in [0.1, 0.15) is 0 Å². The summed E-state index contributed by atoms with van der Waals surface area (Å²) in [6, 6.07) is 3.89. The summed E-state index contributed by atoms with van der Waals surface area (Å²) in [5.41, 5.74) is 0. The van der Waals surface area contributed by atoms with Crippen LogP contribution in [0.15, 0.2) is 24.5 Å². The maximum Gasteiger partial charge on any atom is 0.000496 e. The summed E-state index contributed by atoms with van der Waals surface area (Å²) in [7, 11) is -5.08. The SMILES string of the molecule is O=P(O)(O)[O][Mo](=[O])(=[O])[OH].c1cc[nH]c1. The normalized spacial score (nSPS) is 11.6. The molecule has 0 aliphatic heterocycles. The molecule has 1 aromatic rings. The monoisotopic (exact) mass is 311 g/mol. The number of hydrogen-bond donors (Lipinski definition) is 4. The van der Waals surface area contributed by atoms with E-state index in [-0.39, 0.29) is 0 Å². The van der Waals surface area contributed by atoms with Crippen molar-refractivity contribution in [2.45, 2.75) is 0 Å². The molecule has 14 heavy (non-hydrogen) atoms. The van der Waals surface area contributed by atoms with Crippen LogP contribution in [0.3, 0.4) is 0 Å². The van der Waals surface area contributed by atoms with Crippen molar-refractivity contribution in [3.05, 3.63) is 24.5 Å². The fourth-order valence-electron chi connectivity index (χ4n) is 0.400. The number of aromatic amines is 1. The van der Waals surface area contributed by atoms with Crippen LogP contribution in [0, 0.1) is 0 Å². The zero-order valence-corrected chi connectivity index (χ0v) is 9.54. The van der Waals surface area contributed by atoms with Crippen LogP contribution in [0.2, 0.25) is 0 Å². The number of rotatable bonds is 2. The van der Waals surface area contributed by atoms with E-state index in [9.17, 15) is 11.4 Å². The number of H-pyrrole nitrogens is 1. The number of nitrogens with one attached hydrogen (secondary N) is 1. The van der Waals surface area contributed by atoms with Gasteiger partial charge in [-0.1, -0.05) is 0 Å². The zero-order chi connectivity index (χ0) is 11.2. The zero-order valence-electron chi connectivity index (χ0n) is 6.64. The van der Waals surface area contributed by atoms with Gasteiger partial charge in [-0.2, -0.15) is 0 Å². The van der Waals surface area contributed by atoms with Gasteiger partial charge in [-0.25, -0.2) is 0 Å². The van der Waals surface area contributed by atoms with E-state index in [4.69, 9.17) is 13.5 Å². The molecule has 0 spiro atoms. The average molecular weight is 309 g/mol. The van der Waals surface area contributed by atoms with Crippen LogP contribution in [-0.2, 0) is 31.3 Å². The Morgan fingerprint density at radius 3 is 1.71 bits per heavy atom. The summed E-state index contributed by atoms with van der Waals surface area (Å²) in [5, 5.41) is 0. The summed E-state index contributed by atoms with van der Waals surface area (Å²) >= 11 is -6.03. The maximum atomic E-state index is 9.61. The van der Waals surface area contributed by atoms with Crippen LogP contribution in [0.25, 0.3) is 0 Å². The largest absolute Gasteiger partial charge is 0.368 e. The third kappa shape index (κ3) is 11.6. The molecule has 4 N–H and O–H groups in total. The molecule has 0 saturated carbocycles. The molecule has 8 nitrogen and oxygen atoms in total. The second kappa shape index (κ2) is 5.50. The summed E-state index contributed by atoms with van der Waals surface area (Å²) in [4.78, 5) is 18.3. The second-order valence-electron chi connectivity index (χ2n) is 1.88. The molecule has 0 radical (unpaired) electrons. The molecule has 0 unspecified atom stereocenters. The van der Waals surface area contributed by atoms with Gasteiger partial charge in [0.15, 0.2) is 0 Å². The van der Waals surface area contributed by atoms with E-state index >= 15 is 0 Å². The van der Waals surface area contributed by atoms with Crippen molar-refractivity contribution in [1.29, 1.82) is 0 Å². The molecule has 0 amide bonds. The summed E-state index contributed by atoms with van der Waals surface area (Å²) < 4.78 is 39.4. The Kier molecular flexibility index (Phi) is 5.36. The van der Waals surface area contributed by atoms with Gasteiger partial charge >= 0.3 is 52.7 Å². The van der Waals surface area contributed by atoms with Gasteiger partial charge in [-0.15, -0.1) is 0 Å². The molecule has 0 aliphatic rings. The van der Waals surface area contributed by atoms with Crippen molar-refractivity contribution in [2.75, 3.05) is 0 Å². The fourth-order valence-corrected chi connectivity index (χ4v) is 2.46. The minimum atomic E-state index is -6.03. The summed E-state index contributed by atoms with van der Waals surface area (Å²) in [6.45, 7) is 0. The van der Waals surface area contributed by atoms with Crippen molar-refractivity contribution < 1.29 is 44.8 Å². The Bertz CT molecular complexity index is 361. The fraction of sp³-hybridized carbons (Fsp3) is 0. The standard InChI is InChI=1S/C4H5N.Mo.H3O4P.H2O.2O/c1-2-4-5-3-1;;1-5(2,3)4;;;/h1-5H;;(H3,1,2,3,4);1H2;;/q;+2;;;;/p-2. The predicted molar refractivity (Wildman–Crippen MR) is 37.5 cm³/mol. The Labute approximate surface area is 82.5 Å². The quantitative estimate of drug-likeness (QED) is 0.437. The molecule has 0 aliphatic carbocycles. The van der Waals surface area contributed by atoms with Crippen LogP contribution < -0.4 is 0 Å². The van der Waals surface area contributed by atoms with Crippen molar-refractivity contribution in [2.24, 2.45) is 0 Å². The van der Waals surface area contributed by atoms with Gasteiger partial charge in [0.2, 0.25) is 0 Å². The molecule has 1 aromatic heterocycles. The maximum absolute atomic E-state index is 9.61. The van der Waals surface area contributed by atoms with Gasteiger partial charge in [-0.3, -0.25) is 0 Å². The van der Waals surface area contributed by atoms with Gasteiger partial charge in [0, 0.05) is 12.4 Å². The van der Waals surface area contributed by atoms with Crippen LogP contribution in [0.4, 0.5) is 0 Å². The molecule has 1 heterocycles. The molecule has 0 bridgehead atoms. The first kappa shape index (κ1) is 13.6. The summed E-state index contributed by atoms with van der Waals surface area (Å²) in [5.74, 6) is 0. The van der Waals surface area contributed by atoms with Crippen molar-refractivity contribution in [1.82, 2.24) is 4.98 Å². The van der Waals surface area contributed by atoms with E-state index in [1.807, 2.05) is 24.5 Å². The van der Waals surface area contributed by atoms with Crippen LogP contribution in [-0.4, -0.2) is 18.5 Å². The van der Waals surface area contributed by atoms with Gasteiger partial charge < -0.3 is 4.98 Å². The van der Waals surface area contributed by atoms with Crippen molar-refractivity contribution in [3.8, 4) is 0 Å². The van der Waals surface area contributed by atoms with Crippen molar-refractivity contribution in [3.63, 3.8) is 0 Å².